The van der Waals surface area contributed by atoms with Crippen molar-refractivity contribution >= 4 is 23.9 Å². The number of benzene rings is 1. The predicted octanol–water partition coefficient (Wildman–Crippen LogP) is 2.87. The summed E-state index contributed by atoms with van der Waals surface area (Å²) in [5, 5.41) is 50.5. The first-order chi connectivity index (χ1) is 18.2. The number of carbonyl (C=O) groups excluding carboxylic acids is 2. The van der Waals surface area contributed by atoms with Crippen molar-refractivity contribution in [3.63, 3.8) is 0 Å². The zero-order chi connectivity index (χ0) is 27.8. The topological polar surface area (TPSA) is 156 Å². The Morgan fingerprint density at radius 3 is 2.47 bits per heavy atom. The summed E-state index contributed by atoms with van der Waals surface area (Å²) in [5.74, 6) is -3.70. The maximum absolute atomic E-state index is 13.3. The quantitative estimate of drug-likeness (QED) is 0.140. The highest BCUT2D eigenvalue weighted by atomic mass is 16.4. The van der Waals surface area contributed by atoms with Gasteiger partial charge in [-0.05, 0) is 55.7 Å². The molecule has 1 aromatic carbocycles. The maximum Gasteiger partial charge on any atom is 0.303 e. The minimum absolute atomic E-state index is 0.0339. The van der Waals surface area contributed by atoms with Gasteiger partial charge >= 0.3 is 5.97 Å². The molecule has 9 heteroatoms. The van der Waals surface area contributed by atoms with E-state index in [2.05, 4.69) is 0 Å². The molecule has 0 bridgehead atoms. The normalized spacial score (nSPS) is 22.7. The Morgan fingerprint density at radius 2 is 1.84 bits per heavy atom. The van der Waals surface area contributed by atoms with Gasteiger partial charge in [0.25, 0.3) is 0 Å². The Hall–Kier alpha value is -3.01. The van der Waals surface area contributed by atoms with E-state index in [1.165, 1.54) is 4.90 Å². The number of phenols is 1. The van der Waals surface area contributed by atoms with Gasteiger partial charge < -0.3 is 25.5 Å². The number of allylic oxidation sites excluding steroid dienone is 1. The number of phenolic OH excluding ortho intramolecular Hbond substituents is 1. The number of aliphatic carboxylic acids is 1. The number of unbranched alkanes of at least 4 members (excludes halogenated alkanes) is 2. The molecular weight excluding hydrogens is 490 g/mol. The third kappa shape index (κ3) is 6.70. The molecule has 1 aliphatic heterocycles. The number of para-hydroxylation sites is 1. The number of nitrogens with zero attached hydrogens (tertiary/aromatic N) is 1. The molecular formula is C29H39NO8. The van der Waals surface area contributed by atoms with Gasteiger partial charge in [-0.25, -0.2) is 0 Å². The van der Waals surface area contributed by atoms with Gasteiger partial charge in [0.2, 0.25) is 11.8 Å². The van der Waals surface area contributed by atoms with Gasteiger partial charge in [-0.3, -0.25) is 19.3 Å². The number of carbonyl (C=O) groups is 3. The minimum atomic E-state index is -1.01. The number of hydrogen-bond acceptors (Lipinski definition) is 7. The molecule has 3 rings (SSSR count). The Bertz CT molecular complexity index is 1080. The standard InChI is InChI=1S/C29H39NO8/c1-2-18(14-19-8-5-6-9-23(19)33)11-12-24(34)26-20(16-31)15-21-27(22(26)17-32)29(38)30(28(21)37)13-7-3-4-10-25(35)36/h5-6,8-9,14,21-22,24,27,31-34H,2-4,7,10-13,15-17H2,1H3,(H,35,36)/b18-14+/t21-,22+,24-,27-/m1/s1. The van der Waals surface area contributed by atoms with E-state index in [-0.39, 0.29) is 43.6 Å². The summed E-state index contributed by atoms with van der Waals surface area (Å²) in [4.78, 5) is 38.3. The molecule has 0 unspecified atom stereocenters. The van der Waals surface area contributed by atoms with E-state index >= 15 is 0 Å². The lowest BCUT2D eigenvalue weighted by Gasteiger charge is -2.36. The van der Waals surface area contributed by atoms with E-state index in [1.54, 1.807) is 18.2 Å². The van der Waals surface area contributed by atoms with Crippen LogP contribution < -0.4 is 0 Å². The van der Waals surface area contributed by atoms with E-state index in [0.29, 0.717) is 55.2 Å². The SMILES string of the molecule is CC/C(=C\c1ccccc1O)CC[C@@H](O)C1=C(CO)C[C@H]2C(=O)N(CCCCCC(=O)O)C(=O)[C@H]2[C@H]1CO. The van der Waals surface area contributed by atoms with Crippen LogP contribution in [0.4, 0.5) is 0 Å². The predicted molar refractivity (Wildman–Crippen MR) is 141 cm³/mol. The fourth-order valence-electron chi connectivity index (χ4n) is 5.77. The van der Waals surface area contributed by atoms with Gasteiger partial charge in [0.1, 0.15) is 5.75 Å². The molecule has 1 heterocycles. The van der Waals surface area contributed by atoms with Gasteiger partial charge in [0.05, 0.1) is 31.2 Å². The monoisotopic (exact) mass is 529 g/mol. The van der Waals surface area contributed by atoms with Gasteiger partial charge in [0.15, 0.2) is 0 Å². The number of likely N-dealkylation sites (tertiary alicyclic amines) is 1. The van der Waals surface area contributed by atoms with E-state index in [9.17, 15) is 34.8 Å². The molecule has 2 aliphatic rings. The average molecular weight is 530 g/mol. The van der Waals surface area contributed by atoms with Crippen molar-refractivity contribution in [2.45, 2.75) is 64.4 Å². The van der Waals surface area contributed by atoms with Crippen LogP contribution >= 0.6 is 0 Å². The lowest BCUT2D eigenvalue weighted by molar-refractivity contribution is -0.141. The van der Waals surface area contributed by atoms with Crippen LogP contribution in [0, 0.1) is 17.8 Å². The van der Waals surface area contributed by atoms with Crippen LogP contribution in [0.1, 0.15) is 63.9 Å². The van der Waals surface area contributed by atoms with E-state index in [1.807, 2.05) is 19.1 Å². The van der Waals surface area contributed by atoms with Crippen LogP contribution in [0.25, 0.3) is 6.08 Å². The Kier molecular flexibility index (Phi) is 10.6. The number of hydrogen-bond donors (Lipinski definition) is 5. The largest absolute Gasteiger partial charge is 0.507 e. The van der Waals surface area contributed by atoms with Crippen LogP contribution in [0.2, 0.25) is 0 Å². The minimum Gasteiger partial charge on any atom is -0.507 e. The fraction of sp³-hybridized carbons (Fsp3) is 0.552. The smallest absolute Gasteiger partial charge is 0.303 e. The summed E-state index contributed by atoms with van der Waals surface area (Å²) in [7, 11) is 0. The number of rotatable bonds is 14. The summed E-state index contributed by atoms with van der Waals surface area (Å²) in [6.07, 6.45) is 4.10. The number of amides is 2. The number of carboxylic acids is 1. The van der Waals surface area contributed by atoms with Crippen molar-refractivity contribution < 1.29 is 39.9 Å². The van der Waals surface area contributed by atoms with Gasteiger partial charge in [0, 0.05) is 24.4 Å². The first kappa shape index (κ1) is 29.5. The fourth-order valence-corrected chi connectivity index (χ4v) is 5.77. The molecule has 1 aromatic rings. The lowest BCUT2D eigenvalue weighted by Crippen LogP contribution is -2.39. The molecule has 1 aliphatic carbocycles. The second kappa shape index (κ2) is 13.7. The number of aliphatic hydroxyl groups is 3. The first-order valence-electron chi connectivity index (χ1n) is 13.4. The highest BCUT2D eigenvalue weighted by molar-refractivity contribution is 6.05. The number of imide groups is 1. The first-order valence-corrected chi connectivity index (χ1v) is 13.4. The number of aromatic hydroxyl groups is 1. The Labute approximate surface area is 223 Å². The Morgan fingerprint density at radius 1 is 1.11 bits per heavy atom. The van der Waals surface area contributed by atoms with E-state index in [0.717, 1.165) is 5.57 Å². The zero-order valence-corrected chi connectivity index (χ0v) is 21.9. The van der Waals surface area contributed by atoms with Crippen molar-refractivity contribution in [1.82, 2.24) is 4.90 Å². The summed E-state index contributed by atoms with van der Waals surface area (Å²) in [6.45, 7) is 1.36. The van der Waals surface area contributed by atoms with Crippen LogP contribution in [0.3, 0.4) is 0 Å². The Balaban J connectivity index is 1.73. The maximum atomic E-state index is 13.3. The average Bonchev–Trinajstić information content (AvgIpc) is 3.14. The zero-order valence-electron chi connectivity index (χ0n) is 21.9. The molecule has 208 valence electrons. The molecule has 0 spiro atoms. The van der Waals surface area contributed by atoms with Gasteiger partial charge in [-0.1, -0.05) is 43.2 Å². The molecule has 1 saturated heterocycles. The molecule has 4 atom stereocenters. The summed E-state index contributed by atoms with van der Waals surface area (Å²) in [5.41, 5.74) is 2.62. The number of fused-ring (bicyclic) bond motifs is 1. The van der Waals surface area contributed by atoms with E-state index in [4.69, 9.17) is 5.11 Å². The van der Waals surface area contributed by atoms with Crippen LogP contribution in [-0.2, 0) is 14.4 Å². The van der Waals surface area contributed by atoms with Crippen molar-refractivity contribution in [1.29, 1.82) is 0 Å². The summed E-state index contributed by atoms with van der Waals surface area (Å²) < 4.78 is 0. The van der Waals surface area contributed by atoms with Crippen molar-refractivity contribution in [2.24, 2.45) is 17.8 Å². The van der Waals surface area contributed by atoms with Crippen molar-refractivity contribution in [3.05, 3.63) is 46.5 Å². The molecule has 9 nitrogen and oxygen atoms in total. The third-order valence-electron chi connectivity index (χ3n) is 7.78. The lowest BCUT2D eigenvalue weighted by atomic mass is 9.68. The van der Waals surface area contributed by atoms with Gasteiger partial charge in [-0.15, -0.1) is 0 Å². The summed E-state index contributed by atoms with van der Waals surface area (Å²) >= 11 is 0. The molecule has 0 radical (unpaired) electrons. The van der Waals surface area contributed by atoms with Crippen LogP contribution in [0.5, 0.6) is 5.75 Å². The molecule has 2 amide bonds. The second-order valence-corrected chi connectivity index (χ2v) is 10.1. The number of carboxylic acid groups (broad SMARTS) is 1. The van der Waals surface area contributed by atoms with Crippen molar-refractivity contribution in [3.8, 4) is 5.75 Å². The van der Waals surface area contributed by atoms with Crippen LogP contribution in [-0.4, -0.2) is 74.1 Å². The van der Waals surface area contributed by atoms with E-state index < -0.39 is 36.4 Å². The molecule has 5 N–H and O–H groups in total. The molecule has 0 aromatic heterocycles. The van der Waals surface area contributed by atoms with Crippen LogP contribution in [0.15, 0.2) is 41.0 Å². The second-order valence-electron chi connectivity index (χ2n) is 10.1. The highest BCUT2D eigenvalue weighted by Gasteiger charge is 2.54. The highest BCUT2D eigenvalue weighted by Crippen LogP contribution is 2.46. The molecule has 0 saturated carbocycles. The van der Waals surface area contributed by atoms with Gasteiger partial charge in [-0.2, -0.15) is 0 Å². The molecule has 1 fully saturated rings. The summed E-state index contributed by atoms with van der Waals surface area (Å²) in [6, 6.07) is 6.98. The molecule has 38 heavy (non-hydrogen) atoms. The van der Waals surface area contributed by atoms with Crippen molar-refractivity contribution in [2.75, 3.05) is 19.8 Å². The third-order valence-corrected chi connectivity index (χ3v) is 7.78. The number of aliphatic hydroxyl groups excluding tert-OH is 3.